The number of nitrogens with one attached hydrogen (secondary N) is 2. The molecule has 4 aromatic heterocycles. The maximum absolute atomic E-state index is 12.5. The fourth-order valence-electron chi connectivity index (χ4n) is 3.72. The van der Waals surface area contributed by atoms with Crippen molar-refractivity contribution in [2.24, 2.45) is 0 Å². The first kappa shape index (κ1) is 19.7. The topological polar surface area (TPSA) is 135 Å². The summed E-state index contributed by atoms with van der Waals surface area (Å²) in [6.45, 7) is 2.01. The zero-order valence-corrected chi connectivity index (χ0v) is 18.8. The van der Waals surface area contributed by atoms with E-state index in [0.29, 0.717) is 21.2 Å². The number of benzene rings is 2. The third-order valence-corrected chi connectivity index (χ3v) is 7.20. The van der Waals surface area contributed by atoms with Gasteiger partial charge in [0.2, 0.25) is 5.13 Å². The number of pyridine rings is 1. The molecule has 0 fully saturated rings. The van der Waals surface area contributed by atoms with E-state index in [0.717, 1.165) is 20.7 Å². The van der Waals surface area contributed by atoms with Gasteiger partial charge < -0.3 is 5.73 Å². The number of hydrogen-bond acceptors (Lipinski definition) is 8. The predicted molar refractivity (Wildman–Crippen MR) is 131 cm³/mol. The van der Waals surface area contributed by atoms with Crippen molar-refractivity contribution in [3.63, 3.8) is 0 Å². The van der Waals surface area contributed by atoms with Crippen LogP contribution in [-0.4, -0.2) is 29.9 Å². The van der Waals surface area contributed by atoms with Gasteiger partial charge in [0.15, 0.2) is 5.65 Å². The molecule has 4 N–H and O–H groups in total. The minimum Gasteiger partial charge on any atom is -0.397 e. The maximum Gasteiger partial charge on any atom is 0.289 e. The van der Waals surface area contributed by atoms with Crippen LogP contribution in [0.4, 0.5) is 5.69 Å². The van der Waals surface area contributed by atoms with E-state index in [1.807, 2.05) is 55.5 Å². The molecule has 0 saturated heterocycles. The number of anilines is 1. The minimum atomic E-state index is -0.539. The van der Waals surface area contributed by atoms with Gasteiger partial charge in [-0.15, -0.1) is 0 Å². The molecule has 0 aliphatic rings. The van der Waals surface area contributed by atoms with Gasteiger partial charge in [0, 0.05) is 4.90 Å². The lowest BCUT2D eigenvalue weighted by Gasteiger charge is -2.04. The molecule has 0 aliphatic carbocycles. The second-order valence-corrected chi connectivity index (χ2v) is 9.53. The van der Waals surface area contributed by atoms with E-state index in [1.54, 1.807) is 4.68 Å². The Morgan fingerprint density at radius 1 is 1.00 bits per heavy atom. The van der Waals surface area contributed by atoms with Gasteiger partial charge in [-0.3, -0.25) is 19.8 Å². The molecule has 9 nitrogen and oxygen atoms in total. The Balaban J connectivity index is 1.70. The van der Waals surface area contributed by atoms with Crippen LogP contribution in [0.5, 0.6) is 0 Å². The van der Waals surface area contributed by atoms with Crippen molar-refractivity contribution in [3.05, 3.63) is 74.8 Å². The summed E-state index contributed by atoms with van der Waals surface area (Å²) in [5, 5.41) is 11.1. The van der Waals surface area contributed by atoms with Crippen molar-refractivity contribution < 1.29 is 0 Å². The second-order valence-electron chi connectivity index (χ2n) is 7.46. The Morgan fingerprint density at radius 2 is 1.82 bits per heavy atom. The lowest BCUT2D eigenvalue weighted by atomic mass is 10.2. The first-order valence-corrected chi connectivity index (χ1v) is 11.6. The number of H-pyrrole nitrogens is 2. The van der Waals surface area contributed by atoms with Gasteiger partial charge in [-0.1, -0.05) is 52.9 Å². The molecule has 0 saturated carbocycles. The molecule has 6 aromatic rings. The molecule has 0 bridgehead atoms. The van der Waals surface area contributed by atoms with Gasteiger partial charge >= 0.3 is 0 Å². The number of para-hydroxylation sites is 1. The fraction of sp³-hybridized carbons (Fsp3) is 0.0455. The molecule has 0 amide bonds. The maximum atomic E-state index is 12.5. The van der Waals surface area contributed by atoms with Gasteiger partial charge in [-0.05, 0) is 31.2 Å². The average molecular weight is 474 g/mol. The molecule has 33 heavy (non-hydrogen) atoms. The van der Waals surface area contributed by atoms with Crippen LogP contribution in [0.3, 0.4) is 0 Å². The molecule has 162 valence electrons. The molecule has 11 heteroatoms. The van der Waals surface area contributed by atoms with Crippen LogP contribution >= 0.6 is 23.1 Å². The summed E-state index contributed by atoms with van der Waals surface area (Å²) in [5.74, 6) is 0. The highest BCUT2D eigenvalue weighted by Gasteiger charge is 2.23. The van der Waals surface area contributed by atoms with E-state index in [4.69, 9.17) is 15.8 Å². The summed E-state index contributed by atoms with van der Waals surface area (Å²) < 4.78 is 2.58. The van der Waals surface area contributed by atoms with Crippen LogP contribution in [0.2, 0.25) is 0 Å². The second kappa shape index (κ2) is 7.29. The van der Waals surface area contributed by atoms with Crippen molar-refractivity contribution >= 4 is 60.9 Å². The van der Waals surface area contributed by atoms with Crippen molar-refractivity contribution in [2.75, 3.05) is 5.73 Å². The number of nitrogens with zero attached hydrogens (tertiary/aromatic N) is 4. The number of aromatic amines is 2. The number of aromatic nitrogens is 6. The smallest absolute Gasteiger partial charge is 0.289 e. The Bertz CT molecular complexity index is 1800. The van der Waals surface area contributed by atoms with Crippen molar-refractivity contribution in [1.82, 2.24) is 29.9 Å². The molecular weight excluding hydrogens is 458 g/mol. The molecule has 0 radical (unpaired) electrons. The molecule has 0 spiro atoms. The number of hydrogen-bond donors (Lipinski definition) is 3. The summed E-state index contributed by atoms with van der Waals surface area (Å²) in [7, 11) is 0. The van der Waals surface area contributed by atoms with Crippen molar-refractivity contribution in [2.45, 2.75) is 16.8 Å². The number of nitrogen functional groups attached to an aromatic ring is 1. The average Bonchev–Trinajstić information content (AvgIpc) is 3.38. The molecule has 2 aromatic carbocycles. The summed E-state index contributed by atoms with van der Waals surface area (Å²) in [4.78, 5) is 35.2. The summed E-state index contributed by atoms with van der Waals surface area (Å²) in [5.41, 5.74) is 7.84. The van der Waals surface area contributed by atoms with Gasteiger partial charge in [0.05, 0.1) is 26.7 Å². The monoisotopic (exact) mass is 473 g/mol. The molecular formula is C22H15N7O2S2. The minimum absolute atomic E-state index is 0.0428. The van der Waals surface area contributed by atoms with Crippen LogP contribution in [0.1, 0.15) is 5.56 Å². The van der Waals surface area contributed by atoms with Crippen molar-refractivity contribution in [1.29, 1.82) is 0 Å². The highest BCUT2D eigenvalue weighted by Crippen LogP contribution is 2.39. The predicted octanol–water partition coefficient (Wildman–Crippen LogP) is 3.60. The standard InChI is InChI=1S/C22H15N7O2S2/c1-10-5-4-6-11(9-10)32-21-15-16(23)14-17(20(31)27-26-19(14)30)25-18(15)29(28-21)22-24-12-7-2-3-8-13(12)33-22/h2-9H,1H3,(H2,23,25)(H,26,30)(H,27,31). The van der Waals surface area contributed by atoms with E-state index in [1.165, 1.54) is 23.1 Å². The van der Waals surface area contributed by atoms with Gasteiger partial charge in [-0.25, -0.2) is 9.97 Å². The van der Waals surface area contributed by atoms with E-state index >= 15 is 0 Å². The third kappa shape index (κ3) is 3.12. The number of rotatable bonds is 3. The normalized spacial score (nSPS) is 11.7. The largest absolute Gasteiger partial charge is 0.397 e. The Hall–Kier alpha value is -3.96. The van der Waals surface area contributed by atoms with Crippen LogP contribution in [0, 0.1) is 6.92 Å². The number of fused-ring (bicyclic) bond motifs is 3. The quantitative estimate of drug-likeness (QED) is 0.357. The van der Waals surface area contributed by atoms with Crippen LogP contribution in [-0.2, 0) is 0 Å². The molecule has 0 unspecified atom stereocenters. The highest BCUT2D eigenvalue weighted by molar-refractivity contribution is 7.99. The zero-order chi connectivity index (χ0) is 22.7. The first-order valence-electron chi connectivity index (χ1n) is 9.93. The fourth-order valence-corrected chi connectivity index (χ4v) is 5.68. The van der Waals surface area contributed by atoms with E-state index in [-0.39, 0.29) is 16.6 Å². The van der Waals surface area contributed by atoms with E-state index in [9.17, 15) is 9.59 Å². The van der Waals surface area contributed by atoms with Gasteiger partial charge in [0.1, 0.15) is 10.5 Å². The van der Waals surface area contributed by atoms with E-state index < -0.39 is 11.1 Å². The van der Waals surface area contributed by atoms with Crippen molar-refractivity contribution in [3.8, 4) is 5.13 Å². The summed E-state index contributed by atoms with van der Waals surface area (Å²) >= 11 is 2.86. The number of aryl methyl sites for hydroxylation is 1. The SMILES string of the molecule is Cc1cccc(Sc2nn(-c3nc4ccccc4s3)c3nc4c(=O)[nH][nH]c(=O)c4c(N)c23)c1. The molecule has 4 heterocycles. The molecule has 0 aliphatic heterocycles. The first-order chi connectivity index (χ1) is 16.0. The number of thiazole rings is 1. The van der Waals surface area contributed by atoms with Crippen LogP contribution < -0.4 is 16.9 Å². The Kier molecular flexibility index (Phi) is 4.35. The summed E-state index contributed by atoms with van der Waals surface area (Å²) in [6.07, 6.45) is 0. The third-order valence-electron chi connectivity index (χ3n) is 5.22. The lowest BCUT2D eigenvalue weighted by molar-refractivity contribution is 0.846. The van der Waals surface area contributed by atoms with Gasteiger partial charge in [0.25, 0.3) is 11.1 Å². The van der Waals surface area contributed by atoms with Crippen LogP contribution in [0.15, 0.2) is 68.0 Å². The Morgan fingerprint density at radius 3 is 2.64 bits per heavy atom. The van der Waals surface area contributed by atoms with Crippen LogP contribution in [0.25, 0.3) is 37.3 Å². The van der Waals surface area contributed by atoms with Gasteiger partial charge in [-0.2, -0.15) is 9.78 Å². The zero-order valence-electron chi connectivity index (χ0n) is 17.1. The number of nitrogens with two attached hydrogens (primary N) is 1. The Labute approximate surface area is 193 Å². The molecule has 6 rings (SSSR count). The summed E-state index contributed by atoms with van der Waals surface area (Å²) in [6, 6.07) is 15.7. The highest BCUT2D eigenvalue weighted by atomic mass is 32.2. The van der Waals surface area contributed by atoms with E-state index in [2.05, 4.69) is 15.2 Å². The molecule has 0 atom stereocenters. The lowest BCUT2D eigenvalue weighted by Crippen LogP contribution is -2.21.